The summed E-state index contributed by atoms with van der Waals surface area (Å²) < 4.78 is 8.88. The molecule has 1 aliphatic rings. The lowest BCUT2D eigenvalue weighted by molar-refractivity contribution is -0.143. The monoisotopic (exact) mass is 213 g/mol. The molecule has 1 aliphatic heterocycles. The standard InChI is InChI=1S/C9H11NO5/c1-14-7(11)3-5-6(9(13)15-2)4-10-8(5)12/h3,6H,4H2,1-2H3,(H,10,12). The predicted molar refractivity (Wildman–Crippen MR) is 48.6 cm³/mol. The third-order valence-electron chi connectivity index (χ3n) is 2.06. The lowest BCUT2D eigenvalue weighted by Gasteiger charge is -2.05. The second kappa shape index (κ2) is 4.59. The molecule has 0 aromatic carbocycles. The number of carbonyl (C=O) groups excluding carboxylic acids is 3. The zero-order valence-electron chi connectivity index (χ0n) is 8.40. The highest BCUT2D eigenvalue weighted by atomic mass is 16.5. The van der Waals surface area contributed by atoms with Crippen LogP contribution < -0.4 is 5.32 Å². The summed E-state index contributed by atoms with van der Waals surface area (Å²) in [6.45, 7) is 0.147. The fourth-order valence-corrected chi connectivity index (χ4v) is 1.27. The van der Waals surface area contributed by atoms with E-state index in [1.54, 1.807) is 0 Å². The number of ether oxygens (including phenoxy) is 2. The average Bonchev–Trinajstić information content (AvgIpc) is 2.59. The van der Waals surface area contributed by atoms with Gasteiger partial charge in [0.25, 0.3) is 0 Å². The molecule has 1 unspecified atom stereocenters. The number of methoxy groups -OCH3 is 2. The van der Waals surface area contributed by atoms with Crippen molar-refractivity contribution in [1.82, 2.24) is 5.32 Å². The van der Waals surface area contributed by atoms with E-state index in [4.69, 9.17) is 0 Å². The molecule has 82 valence electrons. The SMILES string of the molecule is COC(=O)C=C1C(=O)NCC1C(=O)OC. The van der Waals surface area contributed by atoms with Crippen molar-refractivity contribution in [3.05, 3.63) is 11.6 Å². The van der Waals surface area contributed by atoms with Crippen LogP contribution in [0.1, 0.15) is 0 Å². The molecule has 0 saturated carbocycles. The van der Waals surface area contributed by atoms with Crippen LogP contribution >= 0.6 is 0 Å². The number of carbonyl (C=O) groups is 3. The topological polar surface area (TPSA) is 81.7 Å². The Morgan fingerprint density at radius 2 is 2.07 bits per heavy atom. The van der Waals surface area contributed by atoms with Crippen molar-refractivity contribution in [2.24, 2.45) is 5.92 Å². The second-order valence-electron chi connectivity index (χ2n) is 2.91. The summed E-state index contributed by atoms with van der Waals surface area (Å²) >= 11 is 0. The van der Waals surface area contributed by atoms with Crippen molar-refractivity contribution in [3.63, 3.8) is 0 Å². The third-order valence-corrected chi connectivity index (χ3v) is 2.06. The maximum atomic E-state index is 11.3. The zero-order chi connectivity index (χ0) is 11.4. The van der Waals surface area contributed by atoms with Crippen LogP contribution in [0, 0.1) is 5.92 Å². The van der Waals surface area contributed by atoms with Gasteiger partial charge in [0.15, 0.2) is 0 Å². The van der Waals surface area contributed by atoms with Gasteiger partial charge in [0.05, 0.1) is 14.2 Å². The summed E-state index contributed by atoms with van der Waals surface area (Å²) in [6.07, 6.45) is 1.00. The molecule has 0 aromatic rings. The fourth-order valence-electron chi connectivity index (χ4n) is 1.27. The van der Waals surface area contributed by atoms with Gasteiger partial charge in [-0.2, -0.15) is 0 Å². The number of esters is 2. The van der Waals surface area contributed by atoms with Gasteiger partial charge in [-0.1, -0.05) is 0 Å². The minimum Gasteiger partial charge on any atom is -0.468 e. The molecule has 1 heterocycles. The van der Waals surface area contributed by atoms with E-state index in [1.807, 2.05) is 0 Å². The van der Waals surface area contributed by atoms with E-state index in [-0.39, 0.29) is 12.1 Å². The molecule has 15 heavy (non-hydrogen) atoms. The van der Waals surface area contributed by atoms with E-state index in [2.05, 4.69) is 14.8 Å². The maximum Gasteiger partial charge on any atom is 0.330 e. The highest BCUT2D eigenvalue weighted by Gasteiger charge is 2.35. The Hall–Kier alpha value is -1.85. The third kappa shape index (κ3) is 2.34. The molecular formula is C9H11NO5. The van der Waals surface area contributed by atoms with E-state index >= 15 is 0 Å². The molecule has 1 amide bonds. The van der Waals surface area contributed by atoms with Gasteiger partial charge in [-0.15, -0.1) is 0 Å². The molecule has 1 saturated heterocycles. The van der Waals surface area contributed by atoms with E-state index in [9.17, 15) is 14.4 Å². The quantitative estimate of drug-likeness (QED) is 0.470. The molecule has 0 bridgehead atoms. The first kappa shape index (κ1) is 11.2. The minimum atomic E-state index is -0.735. The Kier molecular flexibility index (Phi) is 3.43. The molecule has 1 rings (SSSR count). The van der Waals surface area contributed by atoms with Gasteiger partial charge in [0.2, 0.25) is 5.91 Å². The number of amides is 1. The van der Waals surface area contributed by atoms with Gasteiger partial charge < -0.3 is 14.8 Å². The van der Waals surface area contributed by atoms with Crippen LogP contribution in [-0.4, -0.2) is 38.6 Å². The Balaban J connectivity index is 2.91. The summed E-state index contributed by atoms with van der Waals surface area (Å²) in [5, 5.41) is 2.45. The van der Waals surface area contributed by atoms with Crippen molar-refractivity contribution >= 4 is 17.8 Å². The fraction of sp³-hybridized carbons (Fsp3) is 0.444. The second-order valence-corrected chi connectivity index (χ2v) is 2.91. The first-order chi connectivity index (χ1) is 7.10. The van der Waals surface area contributed by atoms with Crippen LogP contribution in [0.3, 0.4) is 0 Å². The van der Waals surface area contributed by atoms with Gasteiger partial charge in [0, 0.05) is 18.2 Å². The smallest absolute Gasteiger partial charge is 0.330 e. The van der Waals surface area contributed by atoms with Gasteiger partial charge in [-0.05, 0) is 0 Å². The molecule has 0 aromatic heterocycles. The van der Waals surface area contributed by atoms with Crippen LogP contribution in [0.15, 0.2) is 11.6 Å². The van der Waals surface area contributed by atoms with E-state index in [0.717, 1.165) is 6.08 Å². The molecular weight excluding hydrogens is 202 g/mol. The van der Waals surface area contributed by atoms with Gasteiger partial charge >= 0.3 is 11.9 Å². The Labute approximate surface area is 86.2 Å². The number of rotatable bonds is 2. The van der Waals surface area contributed by atoms with Crippen molar-refractivity contribution < 1.29 is 23.9 Å². The summed E-state index contributed by atoms with van der Waals surface area (Å²) in [7, 11) is 2.42. The van der Waals surface area contributed by atoms with Crippen molar-refractivity contribution in [2.75, 3.05) is 20.8 Å². The van der Waals surface area contributed by atoms with Crippen LogP contribution in [0.25, 0.3) is 0 Å². The molecule has 6 heteroatoms. The van der Waals surface area contributed by atoms with Crippen molar-refractivity contribution in [1.29, 1.82) is 0 Å². The lowest BCUT2D eigenvalue weighted by Crippen LogP contribution is -2.20. The summed E-state index contributed by atoms with van der Waals surface area (Å²) in [5.41, 5.74) is 0.0775. The highest BCUT2D eigenvalue weighted by Crippen LogP contribution is 2.18. The van der Waals surface area contributed by atoms with Crippen LogP contribution in [0.5, 0.6) is 0 Å². The molecule has 0 aliphatic carbocycles. The van der Waals surface area contributed by atoms with Crippen LogP contribution in [-0.2, 0) is 23.9 Å². The molecule has 1 fully saturated rings. The largest absolute Gasteiger partial charge is 0.468 e. The number of hydrogen-bond donors (Lipinski definition) is 1. The zero-order valence-corrected chi connectivity index (χ0v) is 8.40. The average molecular weight is 213 g/mol. The molecule has 0 radical (unpaired) electrons. The number of hydrogen-bond acceptors (Lipinski definition) is 5. The first-order valence-electron chi connectivity index (χ1n) is 4.25. The van der Waals surface area contributed by atoms with Crippen LogP contribution in [0.2, 0.25) is 0 Å². The maximum absolute atomic E-state index is 11.3. The number of nitrogens with one attached hydrogen (secondary N) is 1. The van der Waals surface area contributed by atoms with E-state index < -0.39 is 23.8 Å². The molecule has 0 spiro atoms. The molecule has 1 N–H and O–H groups in total. The van der Waals surface area contributed by atoms with Crippen molar-refractivity contribution in [3.8, 4) is 0 Å². The summed E-state index contributed by atoms with van der Waals surface area (Å²) in [5.74, 6) is -2.41. The van der Waals surface area contributed by atoms with Crippen LogP contribution in [0.4, 0.5) is 0 Å². The van der Waals surface area contributed by atoms with Gasteiger partial charge in [-0.3, -0.25) is 9.59 Å². The normalized spacial score (nSPS) is 22.4. The minimum absolute atomic E-state index is 0.0775. The van der Waals surface area contributed by atoms with E-state index in [1.165, 1.54) is 14.2 Å². The highest BCUT2D eigenvalue weighted by molar-refractivity contribution is 6.06. The molecule has 6 nitrogen and oxygen atoms in total. The van der Waals surface area contributed by atoms with Gasteiger partial charge in [0.1, 0.15) is 5.92 Å². The Bertz CT molecular complexity index is 333. The predicted octanol–water partition coefficient (Wildman–Crippen LogP) is -0.995. The Morgan fingerprint density at radius 1 is 1.40 bits per heavy atom. The van der Waals surface area contributed by atoms with E-state index in [0.29, 0.717) is 0 Å². The lowest BCUT2D eigenvalue weighted by atomic mass is 10.0. The van der Waals surface area contributed by atoms with Gasteiger partial charge in [-0.25, -0.2) is 4.79 Å². The molecule has 1 atom stereocenters. The van der Waals surface area contributed by atoms with Crippen molar-refractivity contribution in [2.45, 2.75) is 0 Å². The summed E-state index contributed by atoms with van der Waals surface area (Å²) in [4.78, 5) is 33.4. The Morgan fingerprint density at radius 3 is 2.60 bits per heavy atom. The summed E-state index contributed by atoms with van der Waals surface area (Å²) in [6, 6.07) is 0. The first-order valence-corrected chi connectivity index (χ1v) is 4.25.